The molecule has 0 spiro atoms. The van der Waals surface area contributed by atoms with Gasteiger partial charge < -0.3 is 19.5 Å². The smallest absolute Gasteiger partial charge is 0.245 e. The van der Waals surface area contributed by atoms with Crippen LogP contribution in [0.4, 0.5) is 0 Å². The van der Waals surface area contributed by atoms with Crippen LogP contribution in [0.25, 0.3) is 11.0 Å². The van der Waals surface area contributed by atoms with Gasteiger partial charge in [-0.3, -0.25) is 9.59 Å². The van der Waals surface area contributed by atoms with Gasteiger partial charge in [-0.2, -0.15) is 0 Å². The van der Waals surface area contributed by atoms with Crippen molar-refractivity contribution in [2.75, 3.05) is 20.2 Å². The standard InChI is InChI=1S/C17H22N4O3/c1-17(2)16(23)18-8-9-21(17)15(22)10-20-13-7-5-4-6-12(13)19-14(20)11-24-3/h4-7H,8-11H2,1-3H3,(H,18,23). The molecule has 1 fully saturated rings. The van der Waals surface area contributed by atoms with Gasteiger partial charge in [0.2, 0.25) is 11.8 Å². The number of amides is 2. The maximum atomic E-state index is 12.9. The third-order valence-electron chi connectivity index (χ3n) is 4.45. The molecule has 2 aromatic rings. The van der Waals surface area contributed by atoms with Crippen molar-refractivity contribution in [3.05, 3.63) is 30.1 Å². The molecule has 0 unspecified atom stereocenters. The summed E-state index contributed by atoms with van der Waals surface area (Å²) >= 11 is 0. The number of carbonyl (C=O) groups is 2. The monoisotopic (exact) mass is 330 g/mol. The summed E-state index contributed by atoms with van der Waals surface area (Å²) in [4.78, 5) is 31.1. The van der Waals surface area contributed by atoms with E-state index in [1.165, 1.54) is 0 Å². The first-order valence-corrected chi connectivity index (χ1v) is 7.97. The number of hydrogen-bond donors (Lipinski definition) is 1. The number of rotatable bonds is 4. The molecule has 24 heavy (non-hydrogen) atoms. The van der Waals surface area contributed by atoms with Gasteiger partial charge in [0.15, 0.2) is 0 Å². The molecule has 2 heterocycles. The quantitative estimate of drug-likeness (QED) is 0.904. The molecule has 1 N–H and O–H groups in total. The molecule has 2 amide bonds. The summed E-state index contributed by atoms with van der Waals surface area (Å²) in [6, 6.07) is 7.67. The highest BCUT2D eigenvalue weighted by atomic mass is 16.5. The van der Waals surface area contributed by atoms with Crippen molar-refractivity contribution in [2.45, 2.75) is 32.5 Å². The molecule has 1 aliphatic rings. The Morgan fingerprint density at radius 1 is 1.38 bits per heavy atom. The summed E-state index contributed by atoms with van der Waals surface area (Å²) in [6.07, 6.45) is 0. The average Bonchev–Trinajstić information content (AvgIpc) is 2.88. The summed E-state index contributed by atoms with van der Waals surface area (Å²) in [5.74, 6) is 0.469. The lowest BCUT2D eigenvalue weighted by Gasteiger charge is -2.41. The average molecular weight is 330 g/mol. The summed E-state index contributed by atoms with van der Waals surface area (Å²) in [5.41, 5.74) is 0.859. The van der Waals surface area contributed by atoms with Crippen LogP contribution in [-0.4, -0.2) is 52.0 Å². The van der Waals surface area contributed by atoms with Crippen LogP contribution in [0.15, 0.2) is 24.3 Å². The first kappa shape index (κ1) is 16.4. The molecule has 0 radical (unpaired) electrons. The highest BCUT2D eigenvalue weighted by molar-refractivity contribution is 5.92. The minimum atomic E-state index is -0.854. The van der Waals surface area contributed by atoms with E-state index in [2.05, 4.69) is 10.3 Å². The fraction of sp³-hybridized carbons (Fsp3) is 0.471. The molecule has 1 aliphatic heterocycles. The Balaban J connectivity index is 1.93. The normalized spacial score (nSPS) is 17.1. The van der Waals surface area contributed by atoms with E-state index in [0.717, 1.165) is 11.0 Å². The van der Waals surface area contributed by atoms with E-state index in [9.17, 15) is 9.59 Å². The Bertz CT molecular complexity index is 781. The van der Waals surface area contributed by atoms with Crippen molar-refractivity contribution in [2.24, 2.45) is 0 Å². The largest absolute Gasteiger partial charge is 0.377 e. The van der Waals surface area contributed by atoms with E-state index in [1.807, 2.05) is 28.8 Å². The van der Waals surface area contributed by atoms with Gasteiger partial charge in [0.1, 0.15) is 24.5 Å². The van der Waals surface area contributed by atoms with Gasteiger partial charge in [-0.25, -0.2) is 4.98 Å². The number of fused-ring (bicyclic) bond motifs is 1. The van der Waals surface area contributed by atoms with Gasteiger partial charge in [0, 0.05) is 20.2 Å². The van der Waals surface area contributed by atoms with E-state index in [0.29, 0.717) is 25.5 Å². The zero-order chi connectivity index (χ0) is 17.3. The Morgan fingerprint density at radius 2 is 2.12 bits per heavy atom. The first-order chi connectivity index (χ1) is 11.4. The van der Waals surface area contributed by atoms with Crippen LogP contribution in [0.3, 0.4) is 0 Å². The second kappa shape index (κ2) is 6.24. The van der Waals surface area contributed by atoms with Gasteiger partial charge in [-0.15, -0.1) is 0 Å². The van der Waals surface area contributed by atoms with Crippen LogP contribution >= 0.6 is 0 Å². The number of piperazine rings is 1. The number of benzene rings is 1. The third-order valence-corrected chi connectivity index (χ3v) is 4.45. The van der Waals surface area contributed by atoms with Gasteiger partial charge in [-0.1, -0.05) is 12.1 Å². The Hall–Kier alpha value is -2.41. The van der Waals surface area contributed by atoms with Crippen molar-refractivity contribution in [3.63, 3.8) is 0 Å². The predicted molar refractivity (Wildman–Crippen MR) is 89.2 cm³/mol. The molecule has 7 nitrogen and oxygen atoms in total. The van der Waals surface area contributed by atoms with E-state index in [-0.39, 0.29) is 18.4 Å². The molecule has 3 rings (SSSR count). The first-order valence-electron chi connectivity index (χ1n) is 7.97. The maximum absolute atomic E-state index is 12.9. The number of nitrogens with one attached hydrogen (secondary N) is 1. The molecule has 0 aliphatic carbocycles. The number of methoxy groups -OCH3 is 1. The molecule has 7 heteroatoms. The fourth-order valence-corrected chi connectivity index (χ4v) is 3.10. The molecule has 1 saturated heterocycles. The lowest BCUT2D eigenvalue weighted by molar-refractivity contribution is -0.149. The van der Waals surface area contributed by atoms with Crippen LogP contribution in [0.2, 0.25) is 0 Å². The van der Waals surface area contributed by atoms with Gasteiger partial charge in [0.25, 0.3) is 0 Å². The number of ether oxygens (including phenoxy) is 1. The number of para-hydroxylation sites is 2. The van der Waals surface area contributed by atoms with Gasteiger partial charge in [0.05, 0.1) is 11.0 Å². The lowest BCUT2D eigenvalue weighted by Crippen LogP contribution is -2.63. The molecule has 1 aromatic heterocycles. The molecule has 128 valence electrons. The zero-order valence-corrected chi connectivity index (χ0v) is 14.2. The zero-order valence-electron chi connectivity index (χ0n) is 14.2. The number of nitrogens with zero attached hydrogens (tertiary/aromatic N) is 3. The SMILES string of the molecule is COCc1nc2ccccc2n1CC(=O)N1CCNC(=O)C1(C)C. The Morgan fingerprint density at radius 3 is 2.88 bits per heavy atom. The summed E-state index contributed by atoms with van der Waals surface area (Å²) in [6.45, 7) is 4.97. The number of hydrogen-bond acceptors (Lipinski definition) is 4. The number of aromatic nitrogens is 2. The van der Waals surface area contributed by atoms with Crippen LogP contribution in [-0.2, 0) is 27.5 Å². The highest BCUT2D eigenvalue weighted by Crippen LogP contribution is 2.21. The predicted octanol–water partition coefficient (Wildman–Crippen LogP) is 0.920. The molecular formula is C17H22N4O3. The highest BCUT2D eigenvalue weighted by Gasteiger charge is 2.40. The number of carbonyl (C=O) groups excluding carboxylic acids is 2. The van der Waals surface area contributed by atoms with E-state index in [1.54, 1.807) is 25.9 Å². The van der Waals surface area contributed by atoms with E-state index >= 15 is 0 Å². The summed E-state index contributed by atoms with van der Waals surface area (Å²) in [5, 5.41) is 2.81. The van der Waals surface area contributed by atoms with Crippen molar-refractivity contribution in [1.29, 1.82) is 0 Å². The number of imidazole rings is 1. The minimum absolute atomic E-state index is 0.102. The van der Waals surface area contributed by atoms with Crippen LogP contribution in [0, 0.1) is 0 Å². The Kier molecular flexibility index (Phi) is 4.28. The minimum Gasteiger partial charge on any atom is -0.377 e. The molecule has 1 aromatic carbocycles. The molecule has 0 bridgehead atoms. The Labute approximate surface area is 140 Å². The van der Waals surface area contributed by atoms with Gasteiger partial charge >= 0.3 is 0 Å². The fourth-order valence-electron chi connectivity index (χ4n) is 3.10. The van der Waals surface area contributed by atoms with E-state index < -0.39 is 5.54 Å². The second-order valence-corrected chi connectivity index (χ2v) is 6.40. The van der Waals surface area contributed by atoms with Crippen molar-refractivity contribution < 1.29 is 14.3 Å². The van der Waals surface area contributed by atoms with Crippen LogP contribution < -0.4 is 5.32 Å². The van der Waals surface area contributed by atoms with Crippen molar-refractivity contribution in [1.82, 2.24) is 19.8 Å². The van der Waals surface area contributed by atoms with E-state index in [4.69, 9.17) is 4.74 Å². The summed E-state index contributed by atoms with van der Waals surface area (Å²) in [7, 11) is 1.60. The molecule has 0 saturated carbocycles. The lowest BCUT2D eigenvalue weighted by atomic mass is 9.99. The van der Waals surface area contributed by atoms with Gasteiger partial charge in [-0.05, 0) is 26.0 Å². The molecule has 0 atom stereocenters. The maximum Gasteiger partial charge on any atom is 0.245 e. The molecular weight excluding hydrogens is 308 g/mol. The summed E-state index contributed by atoms with van der Waals surface area (Å²) < 4.78 is 7.08. The topological polar surface area (TPSA) is 76.5 Å². The van der Waals surface area contributed by atoms with Crippen molar-refractivity contribution in [3.8, 4) is 0 Å². The second-order valence-electron chi connectivity index (χ2n) is 6.40. The van der Waals surface area contributed by atoms with Crippen LogP contribution in [0.1, 0.15) is 19.7 Å². The van der Waals surface area contributed by atoms with Crippen LogP contribution in [0.5, 0.6) is 0 Å². The third kappa shape index (κ3) is 2.75. The van der Waals surface area contributed by atoms with Crippen molar-refractivity contribution >= 4 is 22.8 Å².